The third-order valence-electron chi connectivity index (χ3n) is 3.14. The van der Waals surface area contributed by atoms with E-state index >= 15 is 0 Å². The third kappa shape index (κ3) is 4.01. The maximum absolute atomic E-state index is 12.8. The van der Waals surface area contributed by atoms with Gasteiger partial charge in [0.1, 0.15) is 5.82 Å². The van der Waals surface area contributed by atoms with Gasteiger partial charge in [-0.25, -0.2) is 12.8 Å². The number of carboxylic acids is 1. The maximum atomic E-state index is 12.8. The molecule has 0 unspecified atom stereocenters. The first-order valence-electron chi connectivity index (χ1n) is 6.34. The molecule has 0 atom stereocenters. The van der Waals surface area contributed by atoms with Crippen molar-refractivity contribution in [3.63, 3.8) is 0 Å². The summed E-state index contributed by atoms with van der Waals surface area (Å²) in [5.41, 5.74) is 0.692. The number of carboxylic acid groups (broad SMARTS) is 1. The molecule has 1 aliphatic carbocycles. The molecule has 1 aliphatic rings. The Bertz CT molecular complexity index is 581. The van der Waals surface area contributed by atoms with Gasteiger partial charge in [-0.15, -0.1) is 0 Å². The number of halogens is 1. The standard InChI is InChI=1S/C13H16FNO4S/c14-11-3-1-10(2-4-11)9-15(12-5-6-12)20(18,19)8-7-13(16)17/h1-4,12H,5-9H2,(H,16,17). The quantitative estimate of drug-likeness (QED) is 0.830. The van der Waals surface area contributed by atoms with Crippen molar-refractivity contribution in [3.05, 3.63) is 35.6 Å². The molecule has 7 heteroatoms. The summed E-state index contributed by atoms with van der Waals surface area (Å²) in [5.74, 6) is -1.91. The fourth-order valence-electron chi connectivity index (χ4n) is 1.92. The Kier molecular flexibility index (Phi) is 4.39. The van der Waals surface area contributed by atoms with Gasteiger partial charge in [0.15, 0.2) is 0 Å². The van der Waals surface area contributed by atoms with Gasteiger partial charge in [-0.2, -0.15) is 4.31 Å². The van der Waals surface area contributed by atoms with Crippen molar-refractivity contribution < 1.29 is 22.7 Å². The Labute approximate surface area is 117 Å². The summed E-state index contributed by atoms with van der Waals surface area (Å²) in [4.78, 5) is 10.5. The smallest absolute Gasteiger partial charge is 0.304 e. The number of rotatable bonds is 7. The zero-order chi connectivity index (χ0) is 14.8. The van der Waals surface area contributed by atoms with Gasteiger partial charge < -0.3 is 5.11 Å². The van der Waals surface area contributed by atoms with E-state index in [1.807, 2.05) is 0 Å². The van der Waals surface area contributed by atoms with Gasteiger partial charge >= 0.3 is 5.97 Å². The molecule has 0 heterocycles. The average Bonchev–Trinajstić information content (AvgIpc) is 3.20. The van der Waals surface area contributed by atoms with Gasteiger partial charge in [0.25, 0.3) is 0 Å². The fraction of sp³-hybridized carbons (Fsp3) is 0.462. The Morgan fingerprint density at radius 2 is 1.90 bits per heavy atom. The highest BCUT2D eigenvalue weighted by atomic mass is 32.2. The van der Waals surface area contributed by atoms with Crippen molar-refractivity contribution in [3.8, 4) is 0 Å². The minimum absolute atomic E-state index is 0.0566. The van der Waals surface area contributed by atoms with Crippen molar-refractivity contribution >= 4 is 16.0 Å². The van der Waals surface area contributed by atoms with E-state index in [2.05, 4.69) is 0 Å². The van der Waals surface area contributed by atoms with E-state index in [4.69, 9.17) is 5.11 Å². The Balaban J connectivity index is 2.10. The monoisotopic (exact) mass is 301 g/mol. The number of sulfonamides is 1. The van der Waals surface area contributed by atoms with E-state index in [1.54, 1.807) is 0 Å². The van der Waals surface area contributed by atoms with E-state index in [9.17, 15) is 17.6 Å². The second kappa shape index (κ2) is 5.88. The Hall–Kier alpha value is -1.47. The molecule has 1 aromatic carbocycles. The number of hydrogen-bond acceptors (Lipinski definition) is 3. The van der Waals surface area contributed by atoms with Crippen LogP contribution in [-0.2, 0) is 21.4 Å². The molecular formula is C13H16FNO4S. The van der Waals surface area contributed by atoms with Crippen LogP contribution in [0.15, 0.2) is 24.3 Å². The van der Waals surface area contributed by atoms with Crippen LogP contribution in [0.3, 0.4) is 0 Å². The van der Waals surface area contributed by atoms with E-state index < -0.39 is 28.2 Å². The lowest BCUT2D eigenvalue weighted by molar-refractivity contribution is -0.136. The summed E-state index contributed by atoms with van der Waals surface area (Å²) < 4.78 is 38.5. The van der Waals surface area contributed by atoms with Crippen LogP contribution in [0.1, 0.15) is 24.8 Å². The molecule has 110 valence electrons. The van der Waals surface area contributed by atoms with E-state index in [1.165, 1.54) is 28.6 Å². The molecular weight excluding hydrogens is 285 g/mol. The van der Waals surface area contributed by atoms with E-state index in [0.717, 1.165) is 12.8 Å². The minimum Gasteiger partial charge on any atom is -0.481 e. The lowest BCUT2D eigenvalue weighted by Gasteiger charge is -2.21. The highest BCUT2D eigenvalue weighted by Gasteiger charge is 2.37. The van der Waals surface area contributed by atoms with Gasteiger partial charge in [0, 0.05) is 12.6 Å². The minimum atomic E-state index is -3.60. The van der Waals surface area contributed by atoms with Crippen molar-refractivity contribution in [1.82, 2.24) is 4.31 Å². The molecule has 0 spiro atoms. The molecule has 0 bridgehead atoms. The van der Waals surface area contributed by atoms with Gasteiger partial charge in [-0.3, -0.25) is 4.79 Å². The van der Waals surface area contributed by atoms with Gasteiger partial charge in [0.05, 0.1) is 12.2 Å². The molecule has 0 aromatic heterocycles. The Morgan fingerprint density at radius 1 is 1.30 bits per heavy atom. The molecule has 1 fully saturated rings. The van der Waals surface area contributed by atoms with Crippen LogP contribution in [0.5, 0.6) is 0 Å². The second-order valence-corrected chi connectivity index (χ2v) is 6.90. The zero-order valence-corrected chi connectivity index (χ0v) is 11.6. The predicted molar refractivity (Wildman–Crippen MR) is 71.0 cm³/mol. The molecule has 1 aromatic rings. The van der Waals surface area contributed by atoms with Crippen LogP contribution in [-0.4, -0.2) is 35.6 Å². The first kappa shape index (κ1) is 14.9. The molecule has 1 N–H and O–H groups in total. The van der Waals surface area contributed by atoms with Crippen molar-refractivity contribution in [2.75, 3.05) is 5.75 Å². The summed E-state index contributed by atoms with van der Waals surface area (Å²) in [5, 5.41) is 8.61. The molecule has 0 aliphatic heterocycles. The molecule has 1 saturated carbocycles. The van der Waals surface area contributed by atoms with Gasteiger partial charge in [-0.05, 0) is 30.5 Å². The fourth-order valence-corrected chi connectivity index (χ4v) is 3.60. The average molecular weight is 301 g/mol. The number of benzene rings is 1. The Morgan fingerprint density at radius 3 is 2.40 bits per heavy atom. The van der Waals surface area contributed by atoms with Crippen LogP contribution in [0.4, 0.5) is 4.39 Å². The highest BCUT2D eigenvalue weighted by Crippen LogP contribution is 2.31. The zero-order valence-electron chi connectivity index (χ0n) is 10.8. The second-order valence-electron chi connectivity index (χ2n) is 4.86. The summed E-state index contributed by atoms with van der Waals surface area (Å²) in [6.07, 6.45) is 1.16. The van der Waals surface area contributed by atoms with Gasteiger partial charge in [0.2, 0.25) is 10.0 Å². The predicted octanol–water partition coefficient (Wildman–Crippen LogP) is 1.59. The normalized spacial score (nSPS) is 15.5. The van der Waals surface area contributed by atoms with E-state index in [0.29, 0.717) is 5.56 Å². The summed E-state index contributed by atoms with van der Waals surface area (Å²) in [6, 6.07) is 5.59. The van der Waals surface area contributed by atoms with Crippen LogP contribution in [0, 0.1) is 5.82 Å². The first-order valence-corrected chi connectivity index (χ1v) is 7.95. The summed E-state index contributed by atoms with van der Waals surface area (Å²) in [6.45, 7) is 0.160. The number of aliphatic carboxylic acids is 1. The molecule has 0 amide bonds. The van der Waals surface area contributed by atoms with Crippen molar-refractivity contribution in [2.45, 2.75) is 31.8 Å². The molecule has 0 radical (unpaired) electrons. The highest BCUT2D eigenvalue weighted by molar-refractivity contribution is 7.89. The van der Waals surface area contributed by atoms with Crippen LogP contribution >= 0.6 is 0 Å². The van der Waals surface area contributed by atoms with Crippen molar-refractivity contribution in [1.29, 1.82) is 0 Å². The number of hydrogen-bond donors (Lipinski definition) is 1. The topological polar surface area (TPSA) is 74.7 Å². The molecule has 0 saturated heterocycles. The lowest BCUT2D eigenvalue weighted by Crippen LogP contribution is -2.35. The molecule has 20 heavy (non-hydrogen) atoms. The maximum Gasteiger partial charge on any atom is 0.304 e. The number of carbonyl (C=O) groups is 1. The largest absolute Gasteiger partial charge is 0.481 e. The number of nitrogens with zero attached hydrogens (tertiary/aromatic N) is 1. The summed E-state index contributed by atoms with van der Waals surface area (Å²) in [7, 11) is -3.60. The third-order valence-corrected chi connectivity index (χ3v) is 5.00. The van der Waals surface area contributed by atoms with Crippen LogP contribution in [0.2, 0.25) is 0 Å². The molecule has 5 nitrogen and oxygen atoms in total. The lowest BCUT2D eigenvalue weighted by atomic mass is 10.2. The van der Waals surface area contributed by atoms with Crippen LogP contribution in [0.25, 0.3) is 0 Å². The van der Waals surface area contributed by atoms with Crippen LogP contribution < -0.4 is 0 Å². The van der Waals surface area contributed by atoms with Crippen molar-refractivity contribution in [2.24, 2.45) is 0 Å². The first-order chi connectivity index (χ1) is 9.38. The SMILES string of the molecule is O=C(O)CCS(=O)(=O)N(Cc1ccc(F)cc1)C1CC1. The molecule has 2 rings (SSSR count). The summed E-state index contributed by atoms with van der Waals surface area (Å²) >= 11 is 0. The van der Waals surface area contributed by atoms with Gasteiger partial charge in [-0.1, -0.05) is 12.1 Å². The van der Waals surface area contributed by atoms with E-state index in [-0.39, 0.29) is 18.4 Å².